The Kier molecular flexibility index (Phi) is 2.85. The topological polar surface area (TPSA) is 44.1 Å². The van der Waals surface area contributed by atoms with Crippen LogP contribution in [0.15, 0.2) is 12.5 Å². The van der Waals surface area contributed by atoms with Gasteiger partial charge in [-0.2, -0.15) is 0 Å². The van der Waals surface area contributed by atoms with Crippen molar-refractivity contribution in [3.05, 3.63) is 18.2 Å². The Morgan fingerprint density at radius 2 is 2.50 bits per heavy atom. The third kappa shape index (κ3) is 2.08. The molecule has 0 spiro atoms. The standard InChI is InChI=1S/C8H12N2O2/c1-10-6-9-5-7(10)3-4-8(11)12-2/h5-6H,3-4H2,1-2H3. The second kappa shape index (κ2) is 3.90. The van der Waals surface area contributed by atoms with Gasteiger partial charge in [0, 0.05) is 18.9 Å². The summed E-state index contributed by atoms with van der Waals surface area (Å²) < 4.78 is 6.41. The van der Waals surface area contributed by atoms with Crippen LogP contribution >= 0.6 is 0 Å². The molecule has 1 rings (SSSR count). The number of ether oxygens (including phenoxy) is 1. The molecule has 0 aliphatic rings. The van der Waals surface area contributed by atoms with Gasteiger partial charge in [-0.05, 0) is 6.42 Å². The van der Waals surface area contributed by atoms with Crippen molar-refractivity contribution in [3.63, 3.8) is 0 Å². The van der Waals surface area contributed by atoms with Crippen molar-refractivity contribution >= 4 is 5.97 Å². The molecule has 0 fully saturated rings. The number of imidazole rings is 1. The Bertz CT molecular complexity index is 268. The van der Waals surface area contributed by atoms with E-state index in [-0.39, 0.29) is 5.97 Å². The Balaban J connectivity index is 2.43. The van der Waals surface area contributed by atoms with Gasteiger partial charge in [0.25, 0.3) is 0 Å². The summed E-state index contributed by atoms with van der Waals surface area (Å²) in [4.78, 5) is 14.7. The zero-order valence-corrected chi connectivity index (χ0v) is 7.28. The first kappa shape index (κ1) is 8.77. The van der Waals surface area contributed by atoms with E-state index in [9.17, 15) is 4.79 Å². The van der Waals surface area contributed by atoms with Crippen molar-refractivity contribution in [2.45, 2.75) is 12.8 Å². The van der Waals surface area contributed by atoms with Crippen LogP contribution in [0.3, 0.4) is 0 Å². The summed E-state index contributed by atoms with van der Waals surface area (Å²) in [5, 5.41) is 0. The number of nitrogens with zero attached hydrogens (tertiary/aromatic N) is 2. The fourth-order valence-electron chi connectivity index (χ4n) is 0.958. The monoisotopic (exact) mass is 168 g/mol. The Morgan fingerprint density at radius 1 is 1.75 bits per heavy atom. The number of rotatable bonds is 3. The summed E-state index contributed by atoms with van der Waals surface area (Å²) in [6.07, 6.45) is 4.56. The molecule has 1 heterocycles. The summed E-state index contributed by atoms with van der Waals surface area (Å²) >= 11 is 0. The van der Waals surface area contributed by atoms with E-state index in [0.29, 0.717) is 12.8 Å². The lowest BCUT2D eigenvalue weighted by atomic mass is 10.2. The van der Waals surface area contributed by atoms with Crippen LogP contribution in [0, 0.1) is 0 Å². The predicted octanol–water partition coefficient (Wildman–Crippen LogP) is 0.526. The maximum Gasteiger partial charge on any atom is 0.305 e. The van der Waals surface area contributed by atoms with Crippen LogP contribution in [0.4, 0.5) is 0 Å². The molecule has 66 valence electrons. The molecule has 0 aliphatic carbocycles. The lowest BCUT2D eigenvalue weighted by Crippen LogP contribution is -2.04. The number of aryl methyl sites for hydroxylation is 2. The molecule has 12 heavy (non-hydrogen) atoms. The van der Waals surface area contributed by atoms with E-state index in [2.05, 4.69) is 9.72 Å². The van der Waals surface area contributed by atoms with Crippen LogP contribution in [0.5, 0.6) is 0 Å². The first-order chi connectivity index (χ1) is 5.74. The van der Waals surface area contributed by atoms with Crippen molar-refractivity contribution in [2.75, 3.05) is 7.11 Å². The molecule has 0 saturated carbocycles. The smallest absolute Gasteiger partial charge is 0.305 e. The van der Waals surface area contributed by atoms with Crippen molar-refractivity contribution in [1.82, 2.24) is 9.55 Å². The highest BCUT2D eigenvalue weighted by Crippen LogP contribution is 2.00. The highest BCUT2D eigenvalue weighted by Gasteiger charge is 2.03. The average Bonchev–Trinajstić information content (AvgIpc) is 2.47. The second-order valence-electron chi connectivity index (χ2n) is 2.57. The minimum absolute atomic E-state index is 0.184. The van der Waals surface area contributed by atoms with Gasteiger partial charge in [0.1, 0.15) is 0 Å². The largest absolute Gasteiger partial charge is 0.469 e. The fourth-order valence-corrected chi connectivity index (χ4v) is 0.958. The highest BCUT2D eigenvalue weighted by molar-refractivity contribution is 5.69. The zero-order chi connectivity index (χ0) is 8.97. The summed E-state index contributed by atoms with van der Waals surface area (Å²) in [5.41, 5.74) is 1.04. The van der Waals surface area contributed by atoms with E-state index >= 15 is 0 Å². The third-order valence-electron chi connectivity index (χ3n) is 1.73. The number of carbonyl (C=O) groups is 1. The molecular formula is C8H12N2O2. The maximum absolute atomic E-state index is 10.8. The van der Waals surface area contributed by atoms with E-state index in [0.717, 1.165) is 5.69 Å². The zero-order valence-electron chi connectivity index (χ0n) is 7.28. The minimum atomic E-state index is -0.184. The molecule has 1 aromatic heterocycles. The number of methoxy groups -OCH3 is 1. The number of hydrogen-bond donors (Lipinski definition) is 0. The van der Waals surface area contributed by atoms with Crippen LogP contribution in [-0.4, -0.2) is 22.6 Å². The van der Waals surface area contributed by atoms with Gasteiger partial charge in [-0.1, -0.05) is 0 Å². The molecule has 0 N–H and O–H groups in total. The molecule has 0 atom stereocenters. The van der Waals surface area contributed by atoms with E-state index < -0.39 is 0 Å². The lowest BCUT2D eigenvalue weighted by Gasteiger charge is -2.00. The quantitative estimate of drug-likeness (QED) is 0.618. The molecule has 0 bridgehead atoms. The fraction of sp³-hybridized carbons (Fsp3) is 0.500. The molecule has 0 aromatic carbocycles. The van der Waals surface area contributed by atoms with Crippen molar-refractivity contribution in [3.8, 4) is 0 Å². The van der Waals surface area contributed by atoms with Crippen LogP contribution in [0.1, 0.15) is 12.1 Å². The van der Waals surface area contributed by atoms with Gasteiger partial charge in [0.2, 0.25) is 0 Å². The van der Waals surface area contributed by atoms with Crippen LogP contribution in [-0.2, 0) is 23.0 Å². The minimum Gasteiger partial charge on any atom is -0.469 e. The Labute approximate surface area is 71.2 Å². The number of aromatic nitrogens is 2. The third-order valence-corrected chi connectivity index (χ3v) is 1.73. The summed E-state index contributed by atoms with van der Waals surface area (Å²) in [6, 6.07) is 0. The normalized spacial score (nSPS) is 9.83. The van der Waals surface area contributed by atoms with Crippen LogP contribution in [0.25, 0.3) is 0 Å². The van der Waals surface area contributed by atoms with Crippen LogP contribution < -0.4 is 0 Å². The summed E-state index contributed by atoms with van der Waals surface area (Å²) in [6.45, 7) is 0. The predicted molar refractivity (Wildman–Crippen MR) is 43.5 cm³/mol. The molecule has 0 amide bonds. The first-order valence-corrected chi connectivity index (χ1v) is 3.76. The van der Waals surface area contributed by atoms with Crippen molar-refractivity contribution < 1.29 is 9.53 Å². The summed E-state index contributed by atoms with van der Waals surface area (Å²) in [5.74, 6) is -0.184. The molecule has 0 unspecified atom stereocenters. The van der Waals surface area contributed by atoms with E-state index in [1.165, 1.54) is 7.11 Å². The average molecular weight is 168 g/mol. The SMILES string of the molecule is COC(=O)CCc1cncn1C. The lowest BCUT2D eigenvalue weighted by molar-refractivity contribution is -0.140. The Morgan fingerprint density at radius 3 is 3.00 bits per heavy atom. The van der Waals surface area contributed by atoms with E-state index in [4.69, 9.17) is 0 Å². The van der Waals surface area contributed by atoms with Gasteiger partial charge in [-0.3, -0.25) is 4.79 Å². The number of carbonyl (C=O) groups excluding carboxylic acids is 1. The number of hydrogen-bond acceptors (Lipinski definition) is 3. The van der Waals surface area contributed by atoms with Gasteiger partial charge in [-0.15, -0.1) is 0 Å². The molecular weight excluding hydrogens is 156 g/mol. The molecule has 0 saturated heterocycles. The first-order valence-electron chi connectivity index (χ1n) is 3.76. The van der Waals surface area contributed by atoms with Crippen LogP contribution in [0.2, 0.25) is 0 Å². The highest BCUT2D eigenvalue weighted by atomic mass is 16.5. The summed E-state index contributed by atoms with van der Waals surface area (Å²) in [7, 11) is 3.30. The molecule has 4 nitrogen and oxygen atoms in total. The second-order valence-corrected chi connectivity index (χ2v) is 2.57. The van der Waals surface area contributed by atoms with Gasteiger partial charge < -0.3 is 9.30 Å². The maximum atomic E-state index is 10.8. The van der Waals surface area contributed by atoms with Crippen molar-refractivity contribution in [1.29, 1.82) is 0 Å². The van der Waals surface area contributed by atoms with Gasteiger partial charge in [0.05, 0.1) is 19.9 Å². The number of esters is 1. The molecule has 1 aromatic rings. The van der Waals surface area contributed by atoms with Gasteiger partial charge in [-0.25, -0.2) is 4.98 Å². The molecule has 0 radical (unpaired) electrons. The Hall–Kier alpha value is -1.32. The van der Waals surface area contributed by atoms with Gasteiger partial charge in [0.15, 0.2) is 0 Å². The van der Waals surface area contributed by atoms with E-state index in [1.54, 1.807) is 12.5 Å². The van der Waals surface area contributed by atoms with Crippen molar-refractivity contribution in [2.24, 2.45) is 7.05 Å². The molecule has 0 aliphatic heterocycles. The van der Waals surface area contributed by atoms with Gasteiger partial charge >= 0.3 is 5.97 Å². The van der Waals surface area contributed by atoms with E-state index in [1.807, 2.05) is 11.6 Å². The molecule has 4 heteroatoms.